The largest absolute Gasteiger partial charge is 0.495 e. The van der Waals surface area contributed by atoms with E-state index in [9.17, 15) is 9.59 Å². The molecular formula is C30H26N2O3. The summed E-state index contributed by atoms with van der Waals surface area (Å²) in [7, 11) is 1.58. The molecule has 0 atom stereocenters. The fourth-order valence-electron chi connectivity index (χ4n) is 4.67. The average Bonchev–Trinajstić information content (AvgIpc) is 3.08. The molecule has 0 fully saturated rings. The van der Waals surface area contributed by atoms with Crippen molar-refractivity contribution in [2.75, 3.05) is 17.3 Å². The zero-order valence-electron chi connectivity index (χ0n) is 20.2. The van der Waals surface area contributed by atoms with Gasteiger partial charge in [0.1, 0.15) is 11.4 Å². The number of hydrogen-bond acceptors (Lipinski definition) is 4. The molecule has 4 aromatic carbocycles. The maximum atomic E-state index is 14.0. The molecule has 0 spiro atoms. The van der Waals surface area contributed by atoms with Gasteiger partial charge in [-0.2, -0.15) is 0 Å². The molecule has 0 unspecified atom stereocenters. The standard InChI is InChI=1S/C30H26N2O3/c1-18-12-14-22(20(3)16-18)27-28(31-24-17-19(2)13-15-26(24)35-4)30(34)32(29(27)33)25-11-7-9-21-8-5-6-10-23(21)25/h5-17,31H,1-4H3. The highest BCUT2D eigenvalue weighted by Crippen LogP contribution is 2.39. The van der Waals surface area contributed by atoms with E-state index in [0.717, 1.165) is 33.0 Å². The van der Waals surface area contributed by atoms with Gasteiger partial charge < -0.3 is 10.1 Å². The number of aryl methyl sites for hydroxylation is 3. The van der Waals surface area contributed by atoms with E-state index >= 15 is 0 Å². The van der Waals surface area contributed by atoms with Crippen LogP contribution in [0.1, 0.15) is 22.3 Å². The monoisotopic (exact) mass is 462 g/mol. The number of amides is 2. The number of benzene rings is 4. The molecule has 174 valence electrons. The lowest BCUT2D eigenvalue weighted by atomic mass is 9.97. The maximum absolute atomic E-state index is 14.0. The van der Waals surface area contributed by atoms with Crippen LogP contribution in [0, 0.1) is 20.8 Å². The van der Waals surface area contributed by atoms with E-state index in [4.69, 9.17) is 4.74 Å². The fraction of sp³-hybridized carbons (Fsp3) is 0.133. The number of methoxy groups -OCH3 is 1. The zero-order valence-corrected chi connectivity index (χ0v) is 20.2. The third kappa shape index (κ3) is 3.85. The molecular weight excluding hydrogens is 436 g/mol. The highest BCUT2D eigenvalue weighted by atomic mass is 16.5. The molecule has 4 aromatic rings. The van der Waals surface area contributed by atoms with Gasteiger partial charge in [-0.05, 0) is 61.0 Å². The number of fused-ring (bicyclic) bond motifs is 1. The second kappa shape index (κ2) is 8.76. The van der Waals surface area contributed by atoms with Gasteiger partial charge in [0.2, 0.25) is 0 Å². The molecule has 0 aliphatic carbocycles. The second-order valence-electron chi connectivity index (χ2n) is 8.84. The first kappa shape index (κ1) is 22.4. The molecule has 2 amide bonds. The van der Waals surface area contributed by atoms with E-state index in [2.05, 4.69) is 5.32 Å². The van der Waals surface area contributed by atoms with Crippen molar-refractivity contribution in [2.24, 2.45) is 0 Å². The Morgan fingerprint density at radius 3 is 2.26 bits per heavy atom. The topological polar surface area (TPSA) is 58.6 Å². The maximum Gasteiger partial charge on any atom is 0.282 e. The summed E-state index contributed by atoms with van der Waals surface area (Å²) in [5, 5.41) is 5.06. The molecule has 1 N–H and O–H groups in total. The molecule has 0 aromatic heterocycles. The highest BCUT2D eigenvalue weighted by molar-refractivity contribution is 6.47. The minimum atomic E-state index is -0.398. The summed E-state index contributed by atoms with van der Waals surface area (Å²) in [5.41, 5.74) is 5.53. The number of ether oxygens (including phenoxy) is 1. The first-order valence-corrected chi connectivity index (χ1v) is 11.5. The number of hydrogen-bond donors (Lipinski definition) is 1. The van der Waals surface area contributed by atoms with E-state index < -0.39 is 5.91 Å². The number of rotatable bonds is 5. The predicted molar refractivity (Wildman–Crippen MR) is 141 cm³/mol. The molecule has 1 heterocycles. The van der Waals surface area contributed by atoms with Gasteiger partial charge in [0.15, 0.2) is 0 Å². The third-order valence-electron chi connectivity index (χ3n) is 6.36. The second-order valence-corrected chi connectivity index (χ2v) is 8.84. The first-order chi connectivity index (χ1) is 16.9. The number of carbonyl (C=O) groups excluding carboxylic acids is 2. The molecule has 35 heavy (non-hydrogen) atoms. The summed E-state index contributed by atoms with van der Waals surface area (Å²) in [6.07, 6.45) is 0. The van der Waals surface area contributed by atoms with Crippen LogP contribution in [-0.4, -0.2) is 18.9 Å². The lowest BCUT2D eigenvalue weighted by molar-refractivity contribution is -0.120. The fourth-order valence-corrected chi connectivity index (χ4v) is 4.67. The van der Waals surface area contributed by atoms with Gasteiger partial charge in [-0.3, -0.25) is 9.59 Å². The summed E-state index contributed by atoms with van der Waals surface area (Å²) in [4.78, 5) is 29.2. The Balaban J connectivity index is 1.71. The number of anilines is 2. The Kier molecular flexibility index (Phi) is 5.61. The Morgan fingerprint density at radius 1 is 0.771 bits per heavy atom. The number of carbonyl (C=O) groups is 2. The van der Waals surface area contributed by atoms with Crippen LogP contribution in [0.3, 0.4) is 0 Å². The van der Waals surface area contributed by atoms with Crippen molar-refractivity contribution < 1.29 is 14.3 Å². The normalized spacial score (nSPS) is 13.7. The summed E-state index contributed by atoms with van der Waals surface area (Å²) in [6, 6.07) is 25.0. The quantitative estimate of drug-likeness (QED) is 0.360. The van der Waals surface area contributed by atoms with Gasteiger partial charge in [0.05, 0.1) is 24.1 Å². The van der Waals surface area contributed by atoms with Gasteiger partial charge in [0.25, 0.3) is 11.8 Å². The molecule has 5 heteroatoms. The van der Waals surface area contributed by atoms with Gasteiger partial charge >= 0.3 is 0 Å². The van der Waals surface area contributed by atoms with Crippen molar-refractivity contribution in [3.05, 3.63) is 107 Å². The van der Waals surface area contributed by atoms with Crippen LogP contribution in [0.15, 0.2) is 84.6 Å². The van der Waals surface area contributed by atoms with E-state index in [0.29, 0.717) is 22.7 Å². The molecule has 5 nitrogen and oxygen atoms in total. The summed E-state index contributed by atoms with van der Waals surface area (Å²) in [6.45, 7) is 5.93. The third-order valence-corrected chi connectivity index (χ3v) is 6.36. The first-order valence-electron chi connectivity index (χ1n) is 11.5. The van der Waals surface area contributed by atoms with Crippen LogP contribution in [-0.2, 0) is 9.59 Å². The van der Waals surface area contributed by atoms with Crippen molar-refractivity contribution in [3.63, 3.8) is 0 Å². The Labute approximate surface area is 204 Å². The van der Waals surface area contributed by atoms with Crippen molar-refractivity contribution >= 4 is 39.5 Å². The lowest BCUT2D eigenvalue weighted by Gasteiger charge is -2.18. The summed E-state index contributed by atoms with van der Waals surface area (Å²) >= 11 is 0. The van der Waals surface area contributed by atoms with Crippen molar-refractivity contribution in [1.29, 1.82) is 0 Å². The van der Waals surface area contributed by atoms with E-state index in [1.165, 1.54) is 4.90 Å². The number of imide groups is 1. The summed E-state index contributed by atoms with van der Waals surface area (Å²) < 4.78 is 5.53. The Bertz CT molecular complexity index is 1530. The zero-order chi connectivity index (χ0) is 24.7. The molecule has 0 saturated heterocycles. The molecule has 1 aliphatic heterocycles. The van der Waals surface area contributed by atoms with Crippen molar-refractivity contribution in [2.45, 2.75) is 20.8 Å². The molecule has 5 rings (SSSR count). The van der Waals surface area contributed by atoms with E-state index in [1.54, 1.807) is 7.11 Å². The summed E-state index contributed by atoms with van der Waals surface area (Å²) in [5.74, 6) is -0.163. The minimum Gasteiger partial charge on any atom is -0.495 e. The number of nitrogens with zero attached hydrogens (tertiary/aromatic N) is 1. The average molecular weight is 463 g/mol. The Morgan fingerprint density at radius 2 is 1.49 bits per heavy atom. The van der Waals surface area contributed by atoms with Crippen LogP contribution in [0.2, 0.25) is 0 Å². The van der Waals surface area contributed by atoms with Gasteiger partial charge in [0, 0.05) is 5.39 Å². The SMILES string of the molecule is COc1ccc(C)cc1NC1=C(c2ccc(C)cc2C)C(=O)N(c2cccc3ccccc23)C1=O. The highest BCUT2D eigenvalue weighted by Gasteiger charge is 2.41. The van der Waals surface area contributed by atoms with Crippen LogP contribution in [0.4, 0.5) is 11.4 Å². The van der Waals surface area contributed by atoms with Gasteiger partial charge in [-0.25, -0.2) is 4.90 Å². The van der Waals surface area contributed by atoms with Crippen LogP contribution in [0.5, 0.6) is 5.75 Å². The minimum absolute atomic E-state index is 0.235. The molecule has 0 bridgehead atoms. The smallest absolute Gasteiger partial charge is 0.282 e. The van der Waals surface area contributed by atoms with Crippen molar-refractivity contribution in [3.8, 4) is 5.75 Å². The predicted octanol–water partition coefficient (Wildman–Crippen LogP) is 6.17. The molecule has 0 saturated carbocycles. The Hall–Kier alpha value is -4.38. The van der Waals surface area contributed by atoms with Crippen LogP contribution >= 0.6 is 0 Å². The van der Waals surface area contributed by atoms with E-state index in [-0.39, 0.29) is 11.6 Å². The van der Waals surface area contributed by atoms with Crippen molar-refractivity contribution in [1.82, 2.24) is 0 Å². The van der Waals surface area contributed by atoms with E-state index in [1.807, 2.05) is 99.6 Å². The van der Waals surface area contributed by atoms with Crippen LogP contribution < -0.4 is 15.0 Å². The molecule has 0 radical (unpaired) electrons. The molecule has 1 aliphatic rings. The van der Waals surface area contributed by atoms with Gasteiger partial charge in [-0.15, -0.1) is 0 Å². The lowest BCUT2D eigenvalue weighted by Crippen LogP contribution is -2.32. The number of nitrogens with one attached hydrogen (secondary N) is 1. The van der Waals surface area contributed by atoms with Crippen LogP contribution in [0.25, 0.3) is 16.3 Å². The van der Waals surface area contributed by atoms with Gasteiger partial charge in [-0.1, -0.05) is 66.2 Å².